The predicted molar refractivity (Wildman–Crippen MR) is 114 cm³/mol. The van der Waals surface area contributed by atoms with Crippen molar-refractivity contribution in [2.24, 2.45) is 0 Å². The van der Waals surface area contributed by atoms with Gasteiger partial charge >= 0.3 is 0 Å². The van der Waals surface area contributed by atoms with Crippen molar-refractivity contribution in [2.45, 2.75) is 38.1 Å². The van der Waals surface area contributed by atoms with Crippen molar-refractivity contribution in [3.8, 4) is 11.3 Å². The highest BCUT2D eigenvalue weighted by atomic mass is 32.2. The van der Waals surface area contributed by atoms with Crippen LogP contribution in [-0.2, 0) is 19.9 Å². The van der Waals surface area contributed by atoms with Crippen LogP contribution in [0.15, 0.2) is 35.2 Å². The molecule has 9 nitrogen and oxygen atoms in total. The predicted octanol–water partition coefficient (Wildman–Crippen LogP) is 2.36. The molecule has 3 aromatic rings. The molecule has 160 valence electrons. The van der Waals surface area contributed by atoms with Crippen molar-refractivity contribution in [3.05, 3.63) is 47.3 Å². The van der Waals surface area contributed by atoms with Crippen molar-refractivity contribution >= 4 is 25.7 Å². The number of H-pyrrole nitrogens is 1. The summed E-state index contributed by atoms with van der Waals surface area (Å²) in [5.74, 6) is 0.219. The number of benzene rings is 1. The highest BCUT2D eigenvalue weighted by Gasteiger charge is 2.33. The van der Waals surface area contributed by atoms with Crippen molar-refractivity contribution in [3.63, 3.8) is 0 Å². The van der Waals surface area contributed by atoms with Crippen LogP contribution < -0.4 is 4.72 Å². The number of aryl methyl sites for hydroxylation is 3. The third-order valence-corrected chi connectivity index (χ3v) is 8.57. The molecule has 1 saturated heterocycles. The zero-order chi connectivity index (χ0) is 21.7. The Labute approximate surface area is 175 Å². The van der Waals surface area contributed by atoms with Gasteiger partial charge in [-0.15, -0.1) is 0 Å². The van der Waals surface area contributed by atoms with E-state index >= 15 is 0 Å². The Hall–Kier alpha value is -2.66. The maximum atomic E-state index is 13.1. The molecular weight excluding hydrogens is 426 g/mol. The Kier molecular flexibility index (Phi) is 4.97. The molecule has 0 saturated carbocycles. The van der Waals surface area contributed by atoms with Crippen LogP contribution in [0.2, 0.25) is 0 Å². The van der Waals surface area contributed by atoms with Gasteiger partial charge in [-0.2, -0.15) is 10.2 Å². The quantitative estimate of drug-likeness (QED) is 0.616. The Bertz CT molecular complexity index is 1290. The van der Waals surface area contributed by atoms with Gasteiger partial charge in [-0.3, -0.25) is 9.82 Å². The zero-order valence-electron chi connectivity index (χ0n) is 16.9. The number of sulfone groups is 1. The number of nitrogens with one attached hydrogen (secondary N) is 2. The molecule has 1 aliphatic rings. The van der Waals surface area contributed by atoms with Crippen LogP contribution in [0.1, 0.15) is 29.4 Å². The molecule has 4 rings (SSSR count). The first kappa shape index (κ1) is 20.6. The van der Waals surface area contributed by atoms with Crippen molar-refractivity contribution in [2.75, 3.05) is 16.2 Å². The van der Waals surface area contributed by atoms with Gasteiger partial charge in [0.15, 0.2) is 9.84 Å². The Morgan fingerprint density at radius 1 is 1.17 bits per heavy atom. The normalized spacial score (nSPS) is 18.6. The molecule has 1 aliphatic heterocycles. The van der Waals surface area contributed by atoms with E-state index in [1.807, 2.05) is 31.2 Å². The summed E-state index contributed by atoms with van der Waals surface area (Å²) < 4.78 is 54.2. The van der Waals surface area contributed by atoms with E-state index in [1.165, 1.54) is 4.68 Å². The number of rotatable bonds is 5. The number of aromatic amines is 1. The van der Waals surface area contributed by atoms with E-state index in [9.17, 15) is 16.8 Å². The SMILES string of the molecule is Cc1ccc(-c2cc(NS(=O)(=O)c3c(C)n[nH]c3C)n([C@H]3CCS(=O)(=O)C3)n2)cc1. The van der Waals surface area contributed by atoms with Gasteiger partial charge in [-0.1, -0.05) is 29.8 Å². The number of sulfonamides is 1. The molecular formula is C19H23N5O4S2. The molecule has 30 heavy (non-hydrogen) atoms. The molecule has 0 radical (unpaired) electrons. The minimum atomic E-state index is -3.94. The first-order valence-corrected chi connectivity index (χ1v) is 12.8. The summed E-state index contributed by atoms with van der Waals surface area (Å²) >= 11 is 0. The smallest absolute Gasteiger partial charge is 0.266 e. The number of aromatic nitrogens is 4. The largest absolute Gasteiger partial charge is 0.281 e. The third-order valence-electron chi connectivity index (χ3n) is 5.21. The minimum absolute atomic E-state index is 0.0591. The van der Waals surface area contributed by atoms with E-state index < -0.39 is 25.9 Å². The van der Waals surface area contributed by atoms with E-state index in [2.05, 4.69) is 20.0 Å². The van der Waals surface area contributed by atoms with Crippen LogP contribution in [0.3, 0.4) is 0 Å². The van der Waals surface area contributed by atoms with Gasteiger partial charge < -0.3 is 0 Å². The molecule has 1 fully saturated rings. The van der Waals surface area contributed by atoms with Gasteiger partial charge in [-0.25, -0.2) is 21.5 Å². The topological polar surface area (TPSA) is 127 Å². The molecule has 0 aliphatic carbocycles. The maximum Gasteiger partial charge on any atom is 0.266 e. The van der Waals surface area contributed by atoms with Crippen LogP contribution >= 0.6 is 0 Å². The summed E-state index contributed by atoms with van der Waals surface area (Å²) in [6.07, 6.45) is 0.385. The molecule has 1 atom stereocenters. The zero-order valence-corrected chi connectivity index (χ0v) is 18.5. The van der Waals surface area contributed by atoms with E-state index in [-0.39, 0.29) is 22.2 Å². The summed E-state index contributed by atoms with van der Waals surface area (Å²) in [5, 5.41) is 11.2. The number of hydrogen-bond donors (Lipinski definition) is 2. The fourth-order valence-corrected chi connectivity index (χ4v) is 6.81. The third kappa shape index (κ3) is 3.86. The first-order chi connectivity index (χ1) is 14.1. The van der Waals surface area contributed by atoms with Gasteiger partial charge in [0.25, 0.3) is 10.0 Å². The summed E-state index contributed by atoms with van der Waals surface area (Å²) in [6, 6.07) is 8.88. The standard InChI is InChI=1S/C19H23N5O4S2/c1-12-4-6-15(7-5-12)17-10-18(24(22-17)16-8-9-29(25,26)11-16)23-30(27,28)19-13(2)20-21-14(19)3/h4-7,10,16,23H,8-9,11H2,1-3H3,(H,20,21)/t16-/m0/s1. The van der Waals surface area contributed by atoms with E-state index in [0.717, 1.165) is 11.1 Å². The number of anilines is 1. The molecule has 2 N–H and O–H groups in total. The fourth-order valence-electron chi connectivity index (χ4n) is 3.71. The molecule has 11 heteroatoms. The summed E-state index contributed by atoms with van der Waals surface area (Å²) in [5.41, 5.74) is 3.25. The molecule has 0 spiro atoms. The van der Waals surface area contributed by atoms with Crippen molar-refractivity contribution in [1.82, 2.24) is 20.0 Å². The van der Waals surface area contributed by atoms with E-state index in [0.29, 0.717) is 23.5 Å². The van der Waals surface area contributed by atoms with Gasteiger partial charge in [0.05, 0.1) is 34.6 Å². The lowest BCUT2D eigenvalue weighted by atomic mass is 10.1. The van der Waals surface area contributed by atoms with Crippen molar-refractivity contribution in [1.29, 1.82) is 0 Å². The fraction of sp³-hybridized carbons (Fsp3) is 0.368. The van der Waals surface area contributed by atoms with Crippen molar-refractivity contribution < 1.29 is 16.8 Å². The summed E-state index contributed by atoms with van der Waals surface area (Å²) in [7, 11) is -7.12. The van der Waals surface area contributed by atoms with Gasteiger partial charge in [0, 0.05) is 11.6 Å². The second-order valence-electron chi connectivity index (χ2n) is 7.65. The summed E-state index contributed by atoms with van der Waals surface area (Å²) in [4.78, 5) is 0.0752. The first-order valence-electron chi connectivity index (χ1n) is 9.47. The van der Waals surface area contributed by atoms with Gasteiger partial charge in [-0.05, 0) is 27.2 Å². The highest BCUT2D eigenvalue weighted by molar-refractivity contribution is 7.92. The second-order valence-corrected chi connectivity index (χ2v) is 11.5. The van der Waals surface area contributed by atoms with Crippen LogP contribution in [0.4, 0.5) is 5.82 Å². The van der Waals surface area contributed by atoms with Crippen LogP contribution in [0, 0.1) is 20.8 Å². The molecule has 0 amide bonds. The van der Waals surface area contributed by atoms with E-state index in [4.69, 9.17) is 0 Å². The van der Waals surface area contributed by atoms with Gasteiger partial charge in [0.1, 0.15) is 10.7 Å². The minimum Gasteiger partial charge on any atom is -0.281 e. The second kappa shape index (κ2) is 7.24. The molecule has 0 bridgehead atoms. The monoisotopic (exact) mass is 449 g/mol. The molecule has 3 heterocycles. The average Bonchev–Trinajstić information content (AvgIpc) is 3.32. The Balaban J connectivity index is 1.78. The molecule has 1 aromatic carbocycles. The molecule has 0 unspecified atom stereocenters. The van der Waals surface area contributed by atoms with E-state index in [1.54, 1.807) is 19.9 Å². The Morgan fingerprint density at radius 3 is 2.43 bits per heavy atom. The summed E-state index contributed by atoms with van der Waals surface area (Å²) in [6.45, 7) is 5.21. The van der Waals surface area contributed by atoms with Crippen LogP contribution in [0.25, 0.3) is 11.3 Å². The number of hydrogen-bond acceptors (Lipinski definition) is 6. The molecule has 2 aromatic heterocycles. The lowest BCUT2D eigenvalue weighted by molar-refractivity contribution is 0.507. The Morgan fingerprint density at radius 2 is 1.87 bits per heavy atom. The van der Waals surface area contributed by atoms with Crippen LogP contribution in [-0.4, -0.2) is 48.3 Å². The van der Waals surface area contributed by atoms with Crippen LogP contribution in [0.5, 0.6) is 0 Å². The lowest BCUT2D eigenvalue weighted by Crippen LogP contribution is -2.20. The maximum absolute atomic E-state index is 13.1. The lowest BCUT2D eigenvalue weighted by Gasteiger charge is -2.14. The van der Waals surface area contributed by atoms with Gasteiger partial charge in [0.2, 0.25) is 0 Å². The highest BCUT2D eigenvalue weighted by Crippen LogP contribution is 2.32. The number of nitrogens with zero attached hydrogens (tertiary/aromatic N) is 3. The average molecular weight is 450 g/mol.